The molecule has 0 aliphatic carbocycles. The van der Waals surface area contributed by atoms with Crippen LogP contribution in [-0.4, -0.2) is 10.5 Å². The van der Waals surface area contributed by atoms with E-state index in [1.165, 1.54) is 11.1 Å². The van der Waals surface area contributed by atoms with Gasteiger partial charge in [0.05, 0.1) is 12.8 Å². The van der Waals surface area contributed by atoms with Crippen molar-refractivity contribution in [1.82, 2.24) is 9.88 Å². The molecule has 1 N–H and O–H groups in total. The molecule has 0 bridgehead atoms. The lowest BCUT2D eigenvalue weighted by atomic mass is 9.88. The van der Waals surface area contributed by atoms with Crippen LogP contribution in [0, 0.1) is 6.92 Å². The molecule has 210 valence electrons. The fourth-order valence-electron chi connectivity index (χ4n) is 5.37. The highest BCUT2D eigenvalue weighted by Gasteiger charge is 2.23. The Labute approximate surface area is 246 Å². The zero-order chi connectivity index (χ0) is 28.7. The monoisotopic (exact) mass is 554 g/mol. The van der Waals surface area contributed by atoms with E-state index in [-0.39, 0.29) is 11.8 Å². The number of fused-ring (bicyclic) bond motifs is 1. The third-order valence-corrected chi connectivity index (χ3v) is 7.63. The first-order valence-corrected chi connectivity index (χ1v) is 14.3. The quantitative estimate of drug-likeness (QED) is 0.176. The van der Waals surface area contributed by atoms with Crippen molar-refractivity contribution in [2.45, 2.75) is 39.0 Å². The molecular formula is C37H34N2O3. The lowest BCUT2D eigenvalue weighted by molar-refractivity contribution is -0.121. The van der Waals surface area contributed by atoms with Crippen molar-refractivity contribution in [3.8, 4) is 5.75 Å². The molecule has 1 amide bonds. The van der Waals surface area contributed by atoms with Crippen LogP contribution in [0.3, 0.4) is 0 Å². The van der Waals surface area contributed by atoms with Gasteiger partial charge < -0.3 is 19.0 Å². The van der Waals surface area contributed by atoms with Gasteiger partial charge in [0.2, 0.25) is 5.91 Å². The SMILES string of the molecule is Cc1ccc(Cn2cc([C@@H](CC(=O)NCc3ccco3)c3ccc(OCc4ccccc4)cc3)c3ccccc32)cc1. The molecule has 6 rings (SSSR count). The van der Waals surface area contributed by atoms with Crippen LogP contribution in [0.5, 0.6) is 5.75 Å². The van der Waals surface area contributed by atoms with Gasteiger partial charge in [-0.15, -0.1) is 0 Å². The van der Waals surface area contributed by atoms with E-state index < -0.39 is 0 Å². The molecule has 42 heavy (non-hydrogen) atoms. The van der Waals surface area contributed by atoms with Crippen LogP contribution in [0.15, 0.2) is 132 Å². The van der Waals surface area contributed by atoms with Gasteiger partial charge in [-0.2, -0.15) is 0 Å². The summed E-state index contributed by atoms with van der Waals surface area (Å²) in [6, 6.07) is 39.1. The second-order valence-corrected chi connectivity index (χ2v) is 10.7. The van der Waals surface area contributed by atoms with Crippen molar-refractivity contribution >= 4 is 16.8 Å². The first kappa shape index (κ1) is 27.2. The number of aromatic nitrogens is 1. The summed E-state index contributed by atoms with van der Waals surface area (Å²) in [5.41, 5.74) is 6.94. The van der Waals surface area contributed by atoms with Crippen LogP contribution in [-0.2, 0) is 24.5 Å². The summed E-state index contributed by atoms with van der Waals surface area (Å²) in [6.07, 6.45) is 4.15. The summed E-state index contributed by atoms with van der Waals surface area (Å²) in [7, 11) is 0. The van der Waals surface area contributed by atoms with Gasteiger partial charge in [-0.3, -0.25) is 4.79 Å². The van der Waals surface area contributed by atoms with Gasteiger partial charge in [0.1, 0.15) is 18.1 Å². The molecule has 0 fully saturated rings. The predicted molar refractivity (Wildman–Crippen MR) is 166 cm³/mol. The van der Waals surface area contributed by atoms with Crippen LogP contribution in [0.1, 0.15) is 45.9 Å². The molecule has 0 unspecified atom stereocenters. The fraction of sp³-hybridized carbons (Fsp3) is 0.162. The first-order valence-electron chi connectivity index (χ1n) is 14.3. The van der Waals surface area contributed by atoms with Crippen molar-refractivity contribution in [2.75, 3.05) is 0 Å². The van der Waals surface area contributed by atoms with Crippen LogP contribution in [0.2, 0.25) is 0 Å². The summed E-state index contributed by atoms with van der Waals surface area (Å²) >= 11 is 0. The molecule has 1 atom stereocenters. The molecule has 6 aromatic rings. The topological polar surface area (TPSA) is 56.4 Å². The zero-order valence-corrected chi connectivity index (χ0v) is 23.7. The van der Waals surface area contributed by atoms with Gasteiger partial charge in [0.25, 0.3) is 0 Å². The number of nitrogens with one attached hydrogen (secondary N) is 1. The van der Waals surface area contributed by atoms with E-state index in [9.17, 15) is 4.79 Å². The standard InChI is InChI=1S/C37H34N2O3/c1-27-13-15-28(16-14-27)24-39-25-35(33-11-5-6-12-36(33)39)34(22-37(40)38-23-32-10-7-21-41-32)30-17-19-31(20-18-30)42-26-29-8-3-2-4-9-29/h2-21,25,34H,22-24,26H2,1H3,(H,38,40)/t34-/m0/s1. The summed E-state index contributed by atoms with van der Waals surface area (Å²) in [6.45, 7) is 3.72. The number of carbonyl (C=O) groups is 1. The minimum Gasteiger partial charge on any atom is -0.489 e. The van der Waals surface area contributed by atoms with E-state index in [1.54, 1.807) is 6.26 Å². The van der Waals surface area contributed by atoms with E-state index >= 15 is 0 Å². The van der Waals surface area contributed by atoms with Gasteiger partial charge in [0.15, 0.2) is 0 Å². The van der Waals surface area contributed by atoms with Crippen molar-refractivity contribution in [3.63, 3.8) is 0 Å². The predicted octanol–water partition coefficient (Wildman–Crippen LogP) is 8.01. The molecule has 2 aromatic heterocycles. The van der Waals surface area contributed by atoms with Crippen LogP contribution >= 0.6 is 0 Å². The van der Waals surface area contributed by atoms with Gasteiger partial charge >= 0.3 is 0 Å². The van der Waals surface area contributed by atoms with Crippen molar-refractivity contribution in [3.05, 3.63) is 161 Å². The lowest BCUT2D eigenvalue weighted by Crippen LogP contribution is -2.24. The Kier molecular flexibility index (Phi) is 8.18. The Hall–Kier alpha value is -5.03. The molecule has 0 radical (unpaired) electrons. The second kappa shape index (κ2) is 12.6. The van der Waals surface area contributed by atoms with Crippen molar-refractivity contribution in [2.24, 2.45) is 0 Å². The number of hydrogen-bond donors (Lipinski definition) is 1. The second-order valence-electron chi connectivity index (χ2n) is 10.7. The molecule has 2 heterocycles. The van der Waals surface area contributed by atoms with E-state index in [1.807, 2.05) is 42.5 Å². The Morgan fingerprint density at radius 1 is 0.833 bits per heavy atom. The Balaban J connectivity index is 1.30. The van der Waals surface area contributed by atoms with Gasteiger partial charge in [0, 0.05) is 36.0 Å². The number of hydrogen-bond acceptors (Lipinski definition) is 3. The van der Waals surface area contributed by atoms with E-state index in [0.29, 0.717) is 19.6 Å². The van der Waals surface area contributed by atoms with Crippen LogP contribution < -0.4 is 10.1 Å². The Morgan fingerprint density at radius 2 is 1.60 bits per heavy atom. The smallest absolute Gasteiger partial charge is 0.221 e. The molecule has 4 aromatic carbocycles. The van der Waals surface area contributed by atoms with Crippen LogP contribution in [0.25, 0.3) is 10.9 Å². The molecule has 0 saturated carbocycles. The third kappa shape index (κ3) is 6.47. The highest BCUT2D eigenvalue weighted by atomic mass is 16.5. The number of ether oxygens (including phenoxy) is 1. The number of aryl methyl sites for hydroxylation is 1. The van der Waals surface area contributed by atoms with Crippen molar-refractivity contribution in [1.29, 1.82) is 0 Å². The number of nitrogens with zero attached hydrogens (tertiary/aromatic N) is 1. The lowest BCUT2D eigenvalue weighted by Gasteiger charge is -2.18. The maximum Gasteiger partial charge on any atom is 0.221 e. The molecule has 0 spiro atoms. The maximum atomic E-state index is 13.3. The fourth-order valence-corrected chi connectivity index (χ4v) is 5.37. The third-order valence-electron chi connectivity index (χ3n) is 7.63. The average molecular weight is 555 g/mol. The highest BCUT2D eigenvalue weighted by molar-refractivity contribution is 5.86. The number of carbonyl (C=O) groups excluding carboxylic acids is 1. The van der Waals surface area contributed by atoms with Gasteiger partial charge in [-0.1, -0.05) is 90.5 Å². The molecular weight excluding hydrogens is 520 g/mol. The normalized spacial score (nSPS) is 11.8. The largest absolute Gasteiger partial charge is 0.489 e. The average Bonchev–Trinajstić information content (AvgIpc) is 3.68. The van der Waals surface area contributed by atoms with Gasteiger partial charge in [-0.25, -0.2) is 0 Å². The minimum absolute atomic E-state index is 0.0313. The number of furan rings is 1. The maximum absolute atomic E-state index is 13.3. The minimum atomic E-state index is -0.144. The number of benzene rings is 4. The first-order chi connectivity index (χ1) is 20.6. The van der Waals surface area contributed by atoms with Crippen molar-refractivity contribution < 1.29 is 13.9 Å². The number of amides is 1. The Morgan fingerprint density at radius 3 is 2.36 bits per heavy atom. The summed E-state index contributed by atoms with van der Waals surface area (Å²) in [5.74, 6) is 1.35. The number of para-hydroxylation sites is 1. The van der Waals surface area contributed by atoms with Crippen LogP contribution in [0.4, 0.5) is 0 Å². The Bertz CT molecular complexity index is 1740. The zero-order valence-electron chi connectivity index (χ0n) is 23.7. The molecule has 5 heteroatoms. The van der Waals surface area contributed by atoms with Gasteiger partial charge in [-0.05, 0) is 59.5 Å². The summed E-state index contributed by atoms with van der Waals surface area (Å²) in [4.78, 5) is 13.3. The molecule has 0 aliphatic heterocycles. The summed E-state index contributed by atoms with van der Waals surface area (Å²) in [5, 5.41) is 4.19. The molecule has 5 nitrogen and oxygen atoms in total. The number of rotatable bonds is 11. The van der Waals surface area contributed by atoms with E-state index in [4.69, 9.17) is 9.15 Å². The summed E-state index contributed by atoms with van der Waals surface area (Å²) < 4.78 is 13.8. The molecule has 0 aliphatic rings. The molecule has 0 saturated heterocycles. The van der Waals surface area contributed by atoms with E-state index in [2.05, 4.69) is 95.8 Å². The highest BCUT2D eigenvalue weighted by Crippen LogP contribution is 2.36. The van der Waals surface area contributed by atoms with E-state index in [0.717, 1.165) is 45.6 Å².